The molecule has 1 aliphatic carbocycles. The molecule has 2 aliphatic rings. The van der Waals surface area contributed by atoms with Crippen LogP contribution < -0.4 is 10.1 Å². The van der Waals surface area contributed by atoms with Crippen molar-refractivity contribution in [3.63, 3.8) is 0 Å². The van der Waals surface area contributed by atoms with Crippen molar-refractivity contribution in [1.29, 1.82) is 0 Å². The first kappa shape index (κ1) is 17.8. The fourth-order valence-corrected chi connectivity index (χ4v) is 3.78. The molecule has 136 valence electrons. The van der Waals surface area contributed by atoms with Gasteiger partial charge in [-0.15, -0.1) is 0 Å². The molecule has 5 heteroatoms. The number of carbonyl (C=O) groups is 2. The van der Waals surface area contributed by atoms with Gasteiger partial charge >= 0.3 is 0 Å². The summed E-state index contributed by atoms with van der Waals surface area (Å²) in [6.07, 6.45) is 8.11. The zero-order chi connectivity index (χ0) is 17.6. The maximum atomic E-state index is 12.3. The van der Waals surface area contributed by atoms with Gasteiger partial charge in [0.25, 0.3) is 0 Å². The number of rotatable bonds is 5. The molecule has 1 heterocycles. The lowest BCUT2D eigenvalue weighted by molar-refractivity contribution is -0.136. The Labute approximate surface area is 149 Å². The third-order valence-corrected chi connectivity index (χ3v) is 5.20. The molecule has 1 unspecified atom stereocenters. The maximum Gasteiger partial charge on any atom is 0.243 e. The van der Waals surface area contributed by atoms with Crippen LogP contribution in [0.3, 0.4) is 0 Å². The van der Waals surface area contributed by atoms with Crippen molar-refractivity contribution in [2.75, 3.05) is 6.54 Å². The molecule has 5 nitrogen and oxygen atoms in total. The van der Waals surface area contributed by atoms with E-state index < -0.39 is 0 Å². The minimum absolute atomic E-state index is 0.0261. The first-order chi connectivity index (χ1) is 12.1. The first-order valence-electron chi connectivity index (χ1n) is 9.44. The number of hydrogen-bond donors (Lipinski definition) is 1. The molecule has 1 aromatic rings. The van der Waals surface area contributed by atoms with Gasteiger partial charge in [0.1, 0.15) is 11.8 Å². The van der Waals surface area contributed by atoms with Crippen LogP contribution in [0, 0.1) is 0 Å². The Morgan fingerprint density at radius 2 is 1.80 bits per heavy atom. The van der Waals surface area contributed by atoms with Crippen LogP contribution >= 0.6 is 0 Å². The Balaban J connectivity index is 1.48. The van der Waals surface area contributed by atoms with Crippen LogP contribution in [0.2, 0.25) is 0 Å². The van der Waals surface area contributed by atoms with E-state index in [4.69, 9.17) is 4.74 Å². The Morgan fingerprint density at radius 3 is 2.48 bits per heavy atom. The number of amides is 2. The number of hydrogen-bond acceptors (Lipinski definition) is 3. The minimum Gasteiger partial charge on any atom is -0.490 e. The molecule has 2 fully saturated rings. The summed E-state index contributed by atoms with van der Waals surface area (Å²) in [7, 11) is 0. The van der Waals surface area contributed by atoms with Crippen molar-refractivity contribution >= 4 is 11.8 Å². The van der Waals surface area contributed by atoms with Crippen LogP contribution in [0.15, 0.2) is 24.3 Å². The topological polar surface area (TPSA) is 58.6 Å². The van der Waals surface area contributed by atoms with Gasteiger partial charge in [0.2, 0.25) is 11.8 Å². The summed E-state index contributed by atoms with van der Waals surface area (Å²) in [5.74, 6) is 0.817. The van der Waals surface area contributed by atoms with E-state index >= 15 is 0 Å². The lowest BCUT2D eigenvalue weighted by Gasteiger charge is -2.23. The van der Waals surface area contributed by atoms with Crippen molar-refractivity contribution in [2.45, 2.75) is 70.6 Å². The Morgan fingerprint density at radius 1 is 1.08 bits per heavy atom. The average molecular weight is 344 g/mol. The molecule has 3 rings (SSSR count). The fourth-order valence-electron chi connectivity index (χ4n) is 3.78. The lowest BCUT2D eigenvalue weighted by atomic mass is 9.98. The first-order valence-corrected chi connectivity index (χ1v) is 9.44. The van der Waals surface area contributed by atoms with Crippen molar-refractivity contribution in [3.8, 4) is 5.75 Å². The zero-order valence-electron chi connectivity index (χ0n) is 15.0. The van der Waals surface area contributed by atoms with Gasteiger partial charge in [0.15, 0.2) is 0 Å². The van der Waals surface area contributed by atoms with Crippen LogP contribution in [0.25, 0.3) is 0 Å². The highest BCUT2D eigenvalue weighted by Crippen LogP contribution is 2.23. The zero-order valence-corrected chi connectivity index (χ0v) is 15.0. The molecule has 1 aliphatic heterocycles. The van der Waals surface area contributed by atoms with Crippen molar-refractivity contribution in [1.82, 2.24) is 10.2 Å². The van der Waals surface area contributed by atoms with Crippen LogP contribution in [-0.4, -0.2) is 35.4 Å². The molecular formula is C20H28N2O3. The molecule has 1 saturated heterocycles. The second-order valence-corrected chi connectivity index (χ2v) is 7.11. The molecule has 1 saturated carbocycles. The summed E-state index contributed by atoms with van der Waals surface area (Å²) in [5.41, 5.74) is 1.04. The predicted molar refractivity (Wildman–Crippen MR) is 96.2 cm³/mol. The standard InChI is InChI=1S/C20H28N2O3/c1-15(23)22-13-5-8-19(22)20(24)21-14-16-9-11-18(12-10-16)25-17-6-3-2-4-7-17/h9-12,17,19H,2-8,13-14H2,1H3,(H,21,24). The molecule has 25 heavy (non-hydrogen) atoms. The van der Waals surface area contributed by atoms with E-state index in [9.17, 15) is 9.59 Å². The van der Waals surface area contributed by atoms with Gasteiger partial charge < -0.3 is 15.0 Å². The van der Waals surface area contributed by atoms with E-state index in [1.807, 2.05) is 24.3 Å². The van der Waals surface area contributed by atoms with E-state index in [1.54, 1.807) is 4.90 Å². The summed E-state index contributed by atoms with van der Waals surface area (Å²) in [5, 5.41) is 2.95. The molecule has 1 N–H and O–H groups in total. The van der Waals surface area contributed by atoms with Crippen molar-refractivity contribution in [2.24, 2.45) is 0 Å². The van der Waals surface area contributed by atoms with Crippen LogP contribution in [0.4, 0.5) is 0 Å². The summed E-state index contributed by atoms with van der Waals surface area (Å²) >= 11 is 0. The summed E-state index contributed by atoms with van der Waals surface area (Å²) in [6, 6.07) is 7.64. The van der Waals surface area contributed by atoms with Crippen molar-refractivity contribution in [3.05, 3.63) is 29.8 Å². The molecule has 0 bridgehead atoms. The normalized spacial score (nSPS) is 21.2. The van der Waals surface area contributed by atoms with Crippen LogP contribution in [-0.2, 0) is 16.1 Å². The number of carbonyl (C=O) groups excluding carboxylic acids is 2. The molecule has 0 spiro atoms. The van der Waals surface area contributed by atoms with Gasteiger partial charge in [-0.05, 0) is 56.2 Å². The van der Waals surface area contributed by atoms with Crippen LogP contribution in [0.5, 0.6) is 5.75 Å². The SMILES string of the molecule is CC(=O)N1CCCC1C(=O)NCc1ccc(OC2CCCCC2)cc1. The fraction of sp³-hybridized carbons (Fsp3) is 0.600. The number of benzene rings is 1. The van der Waals surface area contributed by atoms with E-state index in [2.05, 4.69) is 5.32 Å². The van der Waals surface area contributed by atoms with E-state index in [1.165, 1.54) is 26.2 Å². The third-order valence-electron chi connectivity index (χ3n) is 5.20. The maximum absolute atomic E-state index is 12.3. The van der Waals surface area contributed by atoms with Gasteiger partial charge in [-0.2, -0.15) is 0 Å². The van der Waals surface area contributed by atoms with Gasteiger partial charge in [-0.25, -0.2) is 0 Å². The van der Waals surface area contributed by atoms with E-state index in [0.29, 0.717) is 19.2 Å². The summed E-state index contributed by atoms with van der Waals surface area (Å²) in [4.78, 5) is 25.6. The smallest absolute Gasteiger partial charge is 0.243 e. The summed E-state index contributed by atoms with van der Waals surface area (Å²) in [6.45, 7) is 2.68. The average Bonchev–Trinajstić information content (AvgIpc) is 3.12. The lowest BCUT2D eigenvalue weighted by Crippen LogP contribution is -2.44. The van der Waals surface area contributed by atoms with Gasteiger partial charge in [0, 0.05) is 20.0 Å². The number of nitrogens with one attached hydrogen (secondary N) is 1. The Kier molecular flexibility index (Phi) is 5.95. The Hall–Kier alpha value is -2.04. The minimum atomic E-state index is -0.314. The highest BCUT2D eigenvalue weighted by Gasteiger charge is 2.31. The molecule has 1 atom stereocenters. The van der Waals surface area contributed by atoms with E-state index in [-0.39, 0.29) is 17.9 Å². The molecule has 0 radical (unpaired) electrons. The highest BCUT2D eigenvalue weighted by molar-refractivity contribution is 5.87. The number of nitrogens with zero attached hydrogens (tertiary/aromatic N) is 1. The van der Waals surface area contributed by atoms with Gasteiger partial charge in [-0.3, -0.25) is 9.59 Å². The van der Waals surface area contributed by atoms with Crippen molar-refractivity contribution < 1.29 is 14.3 Å². The predicted octanol–water partition coefficient (Wildman–Crippen LogP) is 3.03. The van der Waals surface area contributed by atoms with Gasteiger partial charge in [-0.1, -0.05) is 18.6 Å². The number of ether oxygens (including phenoxy) is 1. The molecule has 0 aromatic heterocycles. The second-order valence-electron chi connectivity index (χ2n) is 7.11. The largest absolute Gasteiger partial charge is 0.490 e. The molecule has 1 aromatic carbocycles. The third kappa shape index (κ3) is 4.74. The number of likely N-dealkylation sites (tertiary alicyclic amines) is 1. The second kappa shape index (κ2) is 8.37. The summed E-state index contributed by atoms with van der Waals surface area (Å²) < 4.78 is 6.03. The Bertz CT molecular complexity index is 593. The van der Waals surface area contributed by atoms with E-state index in [0.717, 1.165) is 37.0 Å². The molecule has 2 amide bonds. The monoisotopic (exact) mass is 344 g/mol. The molecular weight excluding hydrogens is 316 g/mol. The van der Waals surface area contributed by atoms with Crippen LogP contribution in [0.1, 0.15) is 57.4 Å². The highest BCUT2D eigenvalue weighted by atomic mass is 16.5. The van der Waals surface area contributed by atoms with Gasteiger partial charge in [0.05, 0.1) is 6.10 Å². The quantitative estimate of drug-likeness (QED) is 0.893.